The third-order valence-electron chi connectivity index (χ3n) is 3.17. The minimum absolute atomic E-state index is 1.09. The van der Waals surface area contributed by atoms with E-state index in [0.29, 0.717) is 0 Å². The number of aromatic nitrogens is 1. The van der Waals surface area contributed by atoms with Gasteiger partial charge in [-0.3, -0.25) is 0 Å². The maximum atomic E-state index is 8.49. The Morgan fingerprint density at radius 2 is 1.33 bits per heavy atom. The Kier molecular flexibility index (Phi) is 6.33. The average Bonchev–Trinajstić information content (AvgIpc) is 2.47. The van der Waals surface area contributed by atoms with Gasteiger partial charge in [-0.2, -0.15) is 4.57 Å². The molecule has 0 radical (unpaired) electrons. The summed E-state index contributed by atoms with van der Waals surface area (Å²) in [6.07, 6.45) is 0. The molecule has 0 amide bonds. The summed E-state index contributed by atoms with van der Waals surface area (Å²) in [5.41, 5.74) is 3.61. The highest BCUT2D eigenvalue weighted by molar-refractivity contribution is 9.10. The van der Waals surface area contributed by atoms with Crippen LogP contribution in [-0.2, 0) is 0 Å². The van der Waals surface area contributed by atoms with Gasteiger partial charge in [0.25, 0.3) is 0 Å². The molecule has 1 aromatic heterocycles. The molecule has 0 aliphatic rings. The van der Waals surface area contributed by atoms with E-state index in [9.17, 15) is 0 Å². The van der Waals surface area contributed by atoms with Crippen LogP contribution in [0.3, 0.4) is 0 Å². The zero-order chi connectivity index (χ0) is 17.9. The van der Waals surface area contributed by atoms with Crippen LogP contribution in [0, 0.1) is 17.2 Å². The number of nitrogens with zero attached hydrogens (tertiary/aromatic N) is 1. The maximum absolute atomic E-state index is 8.49. The second-order valence-corrected chi connectivity index (χ2v) is 7.45. The van der Waals surface area contributed by atoms with Gasteiger partial charge in [-0.15, -0.1) is 10.2 Å². The van der Waals surface area contributed by atoms with E-state index in [4.69, 9.17) is 18.6 Å². The molecule has 0 atom stereocenters. The molecule has 0 bridgehead atoms. The summed E-state index contributed by atoms with van der Waals surface area (Å²) < 4.78 is 38.4. The Hall–Kier alpha value is -1.06. The molecule has 0 aliphatic carbocycles. The molecule has 8 heteroatoms. The Morgan fingerprint density at radius 1 is 0.792 bits per heavy atom. The lowest BCUT2D eigenvalue weighted by molar-refractivity contribution is -2.00. The lowest BCUT2D eigenvalue weighted by atomic mass is 10.1. The molecule has 24 heavy (non-hydrogen) atoms. The first kappa shape index (κ1) is 19.3. The van der Waals surface area contributed by atoms with E-state index in [1.807, 2.05) is 0 Å². The lowest BCUT2D eigenvalue weighted by Gasteiger charge is -2.17. The fourth-order valence-corrected chi connectivity index (χ4v) is 2.91. The van der Waals surface area contributed by atoms with Crippen molar-refractivity contribution in [1.82, 2.24) is 0 Å². The summed E-state index contributed by atoms with van der Waals surface area (Å²) >= 11 is 7.01. The first-order valence-electron chi connectivity index (χ1n) is 6.64. The second-order valence-electron chi connectivity index (χ2n) is 4.87. The highest BCUT2D eigenvalue weighted by Crippen LogP contribution is 2.19. The topological polar surface area (TPSA) is 96.1 Å². The van der Waals surface area contributed by atoms with Crippen molar-refractivity contribution in [3.63, 3.8) is 0 Å². The molecule has 0 spiro atoms. The summed E-state index contributed by atoms with van der Waals surface area (Å²) in [6.45, 7) is 2.13. The molecule has 2 aromatic carbocycles. The number of pyridine rings is 1. The molecule has 0 fully saturated rings. The zero-order valence-electron chi connectivity index (χ0n) is 12.4. The number of benzene rings is 2. The van der Waals surface area contributed by atoms with Gasteiger partial charge in [-0.1, -0.05) is 31.9 Å². The van der Waals surface area contributed by atoms with Crippen LogP contribution in [0.5, 0.6) is 0 Å². The van der Waals surface area contributed by atoms with Crippen molar-refractivity contribution >= 4 is 42.8 Å². The van der Waals surface area contributed by atoms with Gasteiger partial charge in [0.2, 0.25) is 11.2 Å². The zero-order valence-corrected chi connectivity index (χ0v) is 16.3. The standard InChI is InChI=1S/C16H12Br2N.ClHO4/c1-11-2-3-12-10-14(18)6-9-16(12)19(11)15-7-4-13(17)5-8-15;2-1(3,4)5/h2-10H,1H3;(H,2,3,4,5)/q+1;/p-1. The monoisotopic (exact) mass is 475 g/mol. The van der Waals surface area contributed by atoms with Crippen LogP contribution in [-0.4, -0.2) is 0 Å². The Balaban J connectivity index is 0.000000368. The van der Waals surface area contributed by atoms with Crippen LogP contribution < -0.4 is 23.2 Å². The highest BCUT2D eigenvalue weighted by atomic mass is 79.9. The van der Waals surface area contributed by atoms with Gasteiger partial charge >= 0.3 is 0 Å². The van der Waals surface area contributed by atoms with Gasteiger partial charge in [0.05, 0.1) is 0 Å². The van der Waals surface area contributed by atoms with E-state index in [-0.39, 0.29) is 0 Å². The summed E-state index contributed by atoms with van der Waals surface area (Å²) in [5, 5.41) is 1.22. The third-order valence-corrected chi connectivity index (χ3v) is 4.19. The van der Waals surface area contributed by atoms with Gasteiger partial charge in [0.15, 0.2) is 5.69 Å². The van der Waals surface area contributed by atoms with E-state index in [1.54, 1.807) is 0 Å². The fourth-order valence-electron chi connectivity index (χ4n) is 2.27. The first-order valence-corrected chi connectivity index (χ1v) is 9.46. The van der Waals surface area contributed by atoms with Crippen molar-refractivity contribution in [2.75, 3.05) is 0 Å². The van der Waals surface area contributed by atoms with E-state index in [2.05, 4.69) is 97.9 Å². The molecular weight excluding hydrogens is 465 g/mol. The van der Waals surface area contributed by atoms with Crippen molar-refractivity contribution < 1.29 is 33.4 Å². The molecule has 126 valence electrons. The largest absolute Gasteiger partial charge is 0.222 e. The summed E-state index contributed by atoms with van der Waals surface area (Å²) in [6, 6.07) is 19.1. The molecule has 0 N–H and O–H groups in total. The molecule has 0 saturated heterocycles. The van der Waals surface area contributed by atoms with Crippen LogP contribution in [0.2, 0.25) is 0 Å². The van der Waals surface area contributed by atoms with Crippen molar-refractivity contribution in [3.05, 3.63) is 69.2 Å². The van der Waals surface area contributed by atoms with E-state index in [1.165, 1.54) is 22.3 Å². The van der Waals surface area contributed by atoms with Crippen molar-refractivity contribution in [1.29, 1.82) is 0 Å². The van der Waals surface area contributed by atoms with E-state index < -0.39 is 10.2 Å². The van der Waals surface area contributed by atoms with Crippen LogP contribution >= 0.6 is 31.9 Å². The fraction of sp³-hybridized carbons (Fsp3) is 0.0625. The maximum Gasteiger partial charge on any atom is 0.218 e. The van der Waals surface area contributed by atoms with Crippen LogP contribution in [0.25, 0.3) is 16.6 Å². The average molecular weight is 478 g/mol. The quantitative estimate of drug-likeness (QED) is 0.468. The molecule has 5 nitrogen and oxygen atoms in total. The predicted molar refractivity (Wildman–Crippen MR) is 85.6 cm³/mol. The van der Waals surface area contributed by atoms with Crippen molar-refractivity contribution in [2.24, 2.45) is 0 Å². The molecule has 0 saturated carbocycles. The number of fused-ring (bicyclic) bond motifs is 1. The highest BCUT2D eigenvalue weighted by Gasteiger charge is 2.15. The van der Waals surface area contributed by atoms with Crippen LogP contribution in [0.1, 0.15) is 5.69 Å². The van der Waals surface area contributed by atoms with Gasteiger partial charge in [0.1, 0.15) is 0 Å². The smallest absolute Gasteiger partial charge is 0.218 e. The molecule has 1 heterocycles. The summed E-state index contributed by atoms with van der Waals surface area (Å²) in [7, 11) is -4.94. The van der Waals surface area contributed by atoms with Crippen molar-refractivity contribution in [2.45, 2.75) is 6.92 Å². The third kappa shape index (κ3) is 5.49. The van der Waals surface area contributed by atoms with Gasteiger partial charge < -0.3 is 0 Å². The minimum Gasteiger partial charge on any atom is -0.222 e. The molecule has 0 aliphatic heterocycles. The Bertz CT molecular complexity index is 845. The number of hydrogen-bond acceptors (Lipinski definition) is 4. The Morgan fingerprint density at radius 3 is 1.92 bits per heavy atom. The van der Waals surface area contributed by atoms with Gasteiger partial charge in [0, 0.05) is 45.5 Å². The molecule has 3 rings (SSSR count). The normalized spacial score (nSPS) is 11.1. The van der Waals surface area contributed by atoms with E-state index >= 15 is 0 Å². The molecule has 0 unspecified atom stereocenters. The van der Waals surface area contributed by atoms with Crippen LogP contribution in [0.4, 0.5) is 0 Å². The number of halogens is 3. The number of hydrogen-bond donors (Lipinski definition) is 0. The first-order chi connectivity index (χ1) is 11.1. The van der Waals surface area contributed by atoms with E-state index in [0.717, 1.165) is 8.95 Å². The van der Waals surface area contributed by atoms with Gasteiger partial charge in [-0.25, -0.2) is 18.6 Å². The van der Waals surface area contributed by atoms with Crippen molar-refractivity contribution in [3.8, 4) is 5.69 Å². The lowest BCUT2D eigenvalue weighted by Crippen LogP contribution is -2.68. The SMILES string of the molecule is Cc1ccc2cc(Br)ccc2[n+]1-c1ccc(Br)cc1.[O-][Cl+3]([O-])([O-])[O-]. The summed E-state index contributed by atoms with van der Waals surface area (Å²) in [4.78, 5) is 0. The van der Waals surface area contributed by atoms with Gasteiger partial charge in [-0.05, 0) is 30.3 Å². The second kappa shape index (κ2) is 7.88. The Labute approximate surface area is 157 Å². The molecule has 3 aromatic rings. The minimum atomic E-state index is -4.94. The molecular formula is C16H12Br2ClNO4. The number of rotatable bonds is 1. The number of aryl methyl sites for hydroxylation is 1. The van der Waals surface area contributed by atoms with Crippen LogP contribution in [0.15, 0.2) is 63.5 Å². The predicted octanol–water partition coefficient (Wildman–Crippen LogP) is 0.194. The summed E-state index contributed by atoms with van der Waals surface area (Å²) in [5.74, 6) is 0.